The van der Waals surface area contributed by atoms with Crippen LogP contribution >= 0.6 is 0 Å². The third-order valence-electron chi connectivity index (χ3n) is 3.35. The van der Waals surface area contributed by atoms with Gasteiger partial charge in [-0.05, 0) is 23.6 Å². The molecule has 1 atom stereocenters. The van der Waals surface area contributed by atoms with Crippen molar-refractivity contribution in [2.45, 2.75) is 33.2 Å². The van der Waals surface area contributed by atoms with Crippen molar-refractivity contribution in [2.24, 2.45) is 11.7 Å². The number of carbonyl (C=O) groups is 1. The van der Waals surface area contributed by atoms with Crippen LogP contribution in [0.15, 0.2) is 24.3 Å². The van der Waals surface area contributed by atoms with E-state index in [2.05, 4.69) is 25.7 Å². The van der Waals surface area contributed by atoms with Gasteiger partial charge in [-0.15, -0.1) is 0 Å². The van der Waals surface area contributed by atoms with Crippen molar-refractivity contribution < 1.29 is 4.79 Å². The molecule has 1 amide bonds. The van der Waals surface area contributed by atoms with Crippen LogP contribution in [0.5, 0.6) is 0 Å². The summed E-state index contributed by atoms with van der Waals surface area (Å²) < 4.78 is 0. The zero-order valence-corrected chi connectivity index (χ0v) is 12.6. The molecule has 3 nitrogen and oxygen atoms in total. The Morgan fingerprint density at radius 3 is 2.55 bits per heavy atom. The largest absolute Gasteiger partial charge is 0.341 e. The van der Waals surface area contributed by atoms with E-state index in [1.165, 1.54) is 0 Å². The molecule has 1 unspecified atom stereocenters. The minimum absolute atomic E-state index is 0.200. The fourth-order valence-electron chi connectivity index (χ4n) is 1.81. The van der Waals surface area contributed by atoms with Crippen molar-refractivity contribution in [3.05, 3.63) is 35.4 Å². The van der Waals surface area contributed by atoms with Crippen molar-refractivity contribution in [3.8, 4) is 11.8 Å². The first-order valence-electron chi connectivity index (χ1n) is 7.08. The summed E-state index contributed by atoms with van der Waals surface area (Å²) in [5.74, 6) is 6.45. The van der Waals surface area contributed by atoms with Crippen LogP contribution in [-0.2, 0) is 11.3 Å². The van der Waals surface area contributed by atoms with E-state index in [0.29, 0.717) is 25.4 Å². The van der Waals surface area contributed by atoms with Crippen molar-refractivity contribution in [1.82, 2.24) is 4.90 Å². The first-order valence-corrected chi connectivity index (χ1v) is 7.08. The van der Waals surface area contributed by atoms with Gasteiger partial charge in [0.1, 0.15) is 0 Å². The van der Waals surface area contributed by atoms with Crippen LogP contribution < -0.4 is 5.73 Å². The van der Waals surface area contributed by atoms with Gasteiger partial charge in [0.2, 0.25) is 5.91 Å². The Morgan fingerprint density at radius 1 is 1.35 bits per heavy atom. The van der Waals surface area contributed by atoms with E-state index < -0.39 is 0 Å². The molecule has 0 aromatic heterocycles. The number of nitrogens with two attached hydrogens (primary N) is 1. The lowest BCUT2D eigenvalue weighted by Gasteiger charge is -2.19. The van der Waals surface area contributed by atoms with Crippen LogP contribution in [0.2, 0.25) is 0 Å². The van der Waals surface area contributed by atoms with Gasteiger partial charge in [-0.25, -0.2) is 0 Å². The highest BCUT2D eigenvalue weighted by molar-refractivity contribution is 5.76. The summed E-state index contributed by atoms with van der Waals surface area (Å²) in [5.41, 5.74) is 7.40. The highest BCUT2D eigenvalue weighted by atomic mass is 16.2. The lowest BCUT2D eigenvalue weighted by Crippen LogP contribution is -2.27. The fraction of sp³-hybridized carbons (Fsp3) is 0.471. The Balaban J connectivity index is 2.57. The zero-order valence-electron chi connectivity index (χ0n) is 12.6. The molecule has 1 aromatic rings. The summed E-state index contributed by atoms with van der Waals surface area (Å²) in [6.07, 6.45) is 1.65. The topological polar surface area (TPSA) is 46.3 Å². The molecule has 2 N–H and O–H groups in total. The van der Waals surface area contributed by atoms with Crippen LogP contribution in [-0.4, -0.2) is 24.4 Å². The molecule has 0 bridgehead atoms. The highest BCUT2D eigenvalue weighted by Gasteiger charge is 2.12. The van der Waals surface area contributed by atoms with Gasteiger partial charge in [0, 0.05) is 25.6 Å². The lowest BCUT2D eigenvalue weighted by atomic mass is 10.0. The lowest BCUT2D eigenvalue weighted by molar-refractivity contribution is -0.131. The van der Waals surface area contributed by atoms with Crippen LogP contribution in [0.4, 0.5) is 0 Å². The minimum Gasteiger partial charge on any atom is -0.341 e. The number of benzene rings is 1. The van der Waals surface area contributed by atoms with E-state index in [1.807, 2.05) is 31.3 Å². The number of carbonyl (C=O) groups excluding carboxylic acids is 1. The van der Waals surface area contributed by atoms with Crippen molar-refractivity contribution >= 4 is 5.91 Å². The molecule has 20 heavy (non-hydrogen) atoms. The first-order chi connectivity index (χ1) is 9.56. The van der Waals surface area contributed by atoms with E-state index >= 15 is 0 Å². The third-order valence-corrected chi connectivity index (χ3v) is 3.35. The molecule has 0 saturated carbocycles. The number of hydrogen-bond donors (Lipinski definition) is 1. The average Bonchev–Trinajstić information content (AvgIpc) is 2.46. The number of hydrogen-bond acceptors (Lipinski definition) is 2. The smallest absolute Gasteiger partial charge is 0.222 e. The fourth-order valence-corrected chi connectivity index (χ4v) is 1.81. The second kappa shape index (κ2) is 8.39. The van der Waals surface area contributed by atoms with Gasteiger partial charge in [0.05, 0.1) is 6.54 Å². The third kappa shape index (κ3) is 5.46. The van der Waals surface area contributed by atoms with Gasteiger partial charge in [0.15, 0.2) is 0 Å². The second-order valence-corrected chi connectivity index (χ2v) is 5.17. The molecule has 0 saturated heterocycles. The van der Waals surface area contributed by atoms with Gasteiger partial charge in [-0.1, -0.05) is 44.2 Å². The summed E-state index contributed by atoms with van der Waals surface area (Å²) in [7, 11) is 1.85. The quantitative estimate of drug-likeness (QED) is 0.837. The Morgan fingerprint density at radius 2 is 2.00 bits per heavy atom. The molecule has 0 aliphatic heterocycles. The molecule has 0 radical (unpaired) electrons. The zero-order chi connectivity index (χ0) is 15.0. The molecular formula is C17H24N2O. The summed E-state index contributed by atoms with van der Waals surface area (Å²) in [6, 6.07) is 7.94. The van der Waals surface area contributed by atoms with E-state index in [1.54, 1.807) is 4.90 Å². The van der Waals surface area contributed by atoms with Crippen molar-refractivity contribution in [1.29, 1.82) is 0 Å². The number of amides is 1. The molecular weight excluding hydrogens is 248 g/mol. The Hall–Kier alpha value is -1.79. The van der Waals surface area contributed by atoms with E-state index in [9.17, 15) is 4.79 Å². The Bertz CT molecular complexity index is 482. The van der Waals surface area contributed by atoms with E-state index in [-0.39, 0.29) is 5.91 Å². The summed E-state index contributed by atoms with van der Waals surface area (Å²) >= 11 is 0. The van der Waals surface area contributed by atoms with Crippen LogP contribution in [0.25, 0.3) is 0 Å². The highest BCUT2D eigenvalue weighted by Crippen LogP contribution is 2.11. The standard InChI is InChI=1S/C17H24N2O/c1-4-14(2)12-17(20)19(3)13-16-9-7-15(8-10-16)6-5-11-18/h7-10,14H,4,11-13,18H2,1-3H3. The molecule has 108 valence electrons. The van der Waals surface area contributed by atoms with Gasteiger partial charge < -0.3 is 10.6 Å². The minimum atomic E-state index is 0.200. The van der Waals surface area contributed by atoms with Gasteiger partial charge in [-0.2, -0.15) is 0 Å². The van der Waals surface area contributed by atoms with E-state index in [4.69, 9.17) is 5.73 Å². The molecule has 0 spiro atoms. The first kappa shape index (κ1) is 16.3. The maximum atomic E-state index is 12.0. The molecule has 1 aromatic carbocycles. The van der Waals surface area contributed by atoms with Gasteiger partial charge >= 0.3 is 0 Å². The average molecular weight is 272 g/mol. The van der Waals surface area contributed by atoms with Crippen molar-refractivity contribution in [3.63, 3.8) is 0 Å². The number of nitrogens with zero attached hydrogens (tertiary/aromatic N) is 1. The second-order valence-electron chi connectivity index (χ2n) is 5.17. The summed E-state index contributed by atoms with van der Waals surface area (Å²) in [4.78, 5) is 13.8. The van der Waals surface area contributed by atoms with Crippen LogP contribution in [0, 0.1) is 17.8 Å². The van der Waals surface area contributed by atoms with Gasteiger partial charge in [0.25, 0.3) is 0 Å². The molecule has 0 aliphatic rings. The van der Waals surface area contributed by atoms with Crippen LogP contribution in [0.1, 0.15) is 37.8 Å². The number of rotatable bonds is 5. The summed E-state index contributed by atoms with van der Waals surface area (Å²) in [6.45, 7) is 5.23. The van der Waals surface area contributed by atoms with E-state index in [0.717, 1.165) is 17.5 Å². The van der Waals surface area contributed by atoms with Gasteiger partial charge in [-0.3, -0.25) is 4.79 Å². The monoisotopic (exact) mass is 272 g/mol. The molecule has 3 heteroatoms. The Labute approximate surface area is 122 Å². The maximum Gasteiger partial charge on any atom is 0.222 e. The maximum absolute atomic E-state index is 12.0. The predicted molar refractivity (Wildman–Crippen MR) is 82.9 cm³/mol. The normalized spacial score (nSPS) is 11.4. The molecule has 0 aliphatic carbocycles. The SMILES string of the molecule is CCC(C)CC(=O)N(C)Cc1ccc(C#CCN)cc1. The molecule has 0 fully saturated rings. The molecule has 0 heterocycles. The van der Waals surface area contributed by atoms with Crippen molar-refractivity contribution in [2.75, 3.05) is 13.6 Å². The van der Waals surface area contributed by atoms with Crippen LogP contribution in [0.3, 0.4) is 0 Å². The summed E-state index contributed by atoms with van der Waals surface area (Å²) in [5, 5.41) is 0. The Kier molecular flexibility index (Phi) is 6.83. The predicted octanol–water partition coefficient (Wildman–Crippen LogP) is 2.39. The molecule has 1 rings (SSSR count).